The fourth-order valence-electron chi connectivity index (χ4n) is 6.58. The van der Waals surface area contributed by atoms with Gasteiger partial charge in [0.25, 0.3) is 0 Å². The van der Waals surface area contributed by atoms with Crippen LogP contribution >= 0.6 is 0 Å². The van der Waals surface area contributed by atoms with Gasteiger partial charge in [-0.2, -0.15) is 10.5 Å². The fraction of sp³-hybridized carbons (Fsp3) is 0.0513. The van der Waals surface area contributed by atoms with E-state index in [1.807, 2.05) is 60.7 Å². The molecule has 0 aliphatic carbocycles. The van der Waals surface area contributed by atoms with E-state index in [9.17, 15) is 10.5 Å². The first kappa shape index (κ1) is 25.5. The van der Waals surface area contributed by atoms with Gasteiger partial charge in [0.2, 0.25) is 0 Å². The van der Waals surface area contributed by atoms with Crippen LogP contribution in [0.15, 0.2) is 126 Å². The summed E-state index contributed by atoms with van der Waals surface area (Å²) in [4.78, 5) is 5.17. The molecule has 0 amide bonds. The SMILES string of the molecule is Cc1cc(-n2c3ccccc3c3cc4ccccc4cc32)c(C#N)cc1C1N=C(c2ccccc2)Nc2cccc(C#N)c21. The number of rotatable bonds is 3. The van der Waals surface area contributed by atoms with Crippen LogP contribution in [0.4, 0.5) is 5.69 Å². The maximum atomic E-state index is 10.6. The maximum Gasteiger partial charge on any atom is 0.133 e. The Balaban J connectivity index is 1.38. The summed E-state index contributed by atoms with van der Waals surface area (Å²) in [6.45, 7) is 2.07. The number of aryl methyl sites for hydroxylation is 1. The molecule has 1 aliphatic heterocycles. The number of nitriles is 2. The summed E-state index contributed by atoms with van der Waals surface area (Å²) in [5.41, 5.74) is 8.55. The van der Waals surface area contributed by atoms with E-state index in [2.05, 4.69) is 89.6 Å². The summed E-state index contributed by atoms with van der Waals surface area (Å²) in [7, 11) is 0. The van der Waals surface area contributed by atoms with Crippen molar-refractivity contribution in [1.29, 1.82) is 10.5 Å². The normalized spacial score (nSPS) is 14.1. The van der Waals surface area contributed by atoms with Crippen molar-refractivity contribution in [1.82, 2.24) is 4.57 Å². The highest BCUT2D eigenvalue weighted by Crippen LogP contribution is 2.42. The van der Waals surface area contributed by atoms with Gasteiger partial charge in [-0.1, -0.05) is 78.9 Å². The zero-order chi connectivity index (χ0) is 29.8. The molecule has 1 N–H and O–H groups in total. The summed E-state index contributed by atoms with van der Waals surface area (Å²) in [6, 6.07) is 45.4. The lowest BCUT2D eigenvalue weighted by Crippen LogP contribution is -2.23. The van der Waals surface area contributed by atoms with E-state index in [0.717, 1.165) is 66.7 Å². The molecule has 44 heavy (non-hydrogen) atoms. The lowest BCUT2D eigenvalue weighted by molar-refractivity contribution is 0.849. The van der Waals surface area contributed by atoms with Gasteiger partial charge in [-0.25, -0.2) is 0 Å². The van der Waals surface area contributed by atoms with Crippen LogP contribution in [-0.2, 0) is 0 Å². The molecule has 1 atom stereocenters. The molecule has 1 unspecified atom stereocenters. The summed E-state index contributed by atoms with van der Waals surface area (Å²) in [6.07, 6.45) is 0. The van der Waals surface area contributed by atoms with Crippen LogP contribution in [-0.4, -0.2) is 10.4 Å². The van der Waals surface area contributed by atoms with Crippen molar-refractivity contribution in [3.05, 3.63) is 155 Å². The van der Waals surface area contributed by atoms with Crippen molar-refractivity contribution < 1.29 is 0 Å². The molecule has 1 aromatic heterocycles. The predicted octanol–water partition coefficient (Wildman–Crippen LogP) is 8.95. The van der Waals surface area contributed by atoms with E-state index in [0.29, 0.717) is 11.1 Å². The Morgan fingerprint density at radius 2 is 1.41 bits per heavy atom. The van der Waals surface area contributed by atoms with Crippen LogP contribution in [0.25, 0.3) is 38.3 Å². The van der Waals surface area contributed by atoms with Gasteiger partial charge in [-0.3, -0.25) is 4.99 Å². The molecule has 0 radical (unpaired) electrons. The quantitative estimate of drug-likeness (QED) is 0.233. The van der Waals surface area contributed by atoms with E-state index in [1.54, 1.807) is 0 Å². The molecule has 2 heterocycles. The average molecular weight is 564 g/mol. The first-order valence-corrected chi connectivity index (χ1v) is 14.5. The molecular formula is C39H25N5. The molecule has 206 valence electrons. The lowest BCUT2D eigenvalue weighted by Gasteiger charge is -2.28. The molecule has 5 heteroatoms. The zero-order valence-corrected chi connectivity index (χ0v) is 23.9. The Kier molecular flexibility index (Phi) is 5.79. The van der Waals surface area contributed by atoms with Crippen LogP contribution in [0.3, 0.4) is 0 Å². The molecule has 7 aromatic rings. The molecule has 0 bridgehead atoms. The molecule has 5 nitrogen and oxygen atoms in total. The molecule has 0 saturated carbocycles. The number of nitrogens with one attached hydrogen (secondary N) is 1. The number of fused-ring (bicyclic) bond motifs is 5. The number of hydrogen-bond donors (Lipinski definition) is 1. The van der Waals surface area contributed by atoms with Gasteiger partial charge in [0.05, 0.1) is 33.9 Å². The number of amidine groups is 1. The highest BCUT2D eigenvalue weighted by Gasteiger charge is 2.29. The number of aromatic nitrogens is 1. The molecular weight excluding hydrogens is 538 g/mol. The van der Waals surface area contributed by atoms with Crippen LogP contribution in [0.5, 0.6) is 0 Å². The lowest BCUT2D eigenvalue weighted by atomic mass is 9.88. The van der Waals surface area contributed by atoms with Gasteiger partial charge < -0.3 is 9.88 Å². The Morgan fingerprint density at radius 1 is 0.682 bits per heavy atom. The number of aliphatic imine (C=N–C) groups is 1. The number of para-hydroxylation sites is 1. The Labute approximate surface area is 254 Å². The first-order chi connectivity index (χ1) is 21.6. The molecule has 0 fully saturated rings. The maximum absolute atomic E-state index is 10.6. The van der Waals surface area contributed by atoms with Crippen LogP contribution < -0.4 is 5.32 Å². The summed E-state index contributed by atoms with van der Waals surface area (Å²) in [5.74, 6) is 0.731. The standard InChI is InChI=1S/C39H25N5/c1-24-18-35(44-34-17-8-7-15-30(34)32-19-26-12-5-6-13-27(26)21-36(32)44)29(23-41)20-31(24)38-37-28(22-40)14-9-16-33(37)42-39(43-38)25-10-3-2-4-11-25/h2-21,38H,1H3,(H,42,43). The smallest absolute Gasteiger partial charge is 0.133 e. The zero-order valence-electron chi connectivity index (χ0n) is 23.9. The minimum Gasteiger partial charge on any atom is -0.340 e. The van der Waals surface area contributed by atoms with Gasteiger partial charge in [0.1, 0.15) is 17.9 Å². The Hall–Kier alpha value is -6.17. The third-order valence-electron chi connectivity index (χ3n) is 8.64. The second-order valence-corrected chi connectivity index (χ2v) is 11.2. The van der Waals surface area contributed by atoms with E-state index in [4.69, 9.17) is 4.99 Å². The van der Waals surface area contributed by atoms with Crippen LogP contribution in [0.2, 0.25) is 0 Å². The minimum absolute atomic E-state index is 0.458. The Morgan fingerprint density at radius 3 is 2.20 bits per heavy atom. The fourth-order valence-corrected chi connectivity index (χ4v) is 6.58. The largest absolute Gasteiger partial charge is 0.340 e. The van der Waals surface area contributed by atoms with E-state index in [-0.39, 0.29) is 0 Å². The molecule has 1 aliphatic rings. The average Bonchev–Trinajstić information content (AvgIpc) is 3.39. The highest BCUT2D eigenvalue weighted by molar-refractivity contribution is 6.14. The van der Waals surface area contributed by atoms with Crippen molar-refractivity contribution in [3.63, 3.8) is 0 Å². The molecule has 0 saturated heterocycles. The highest BCUT2D eigenvalue weighted by atomic mass is 15.1. The summed E-state index contributed by atoms with van der Waals surface area (Å²) >= 11 is 0. The second-order valence-electron chi connectivity index (χ2n) is 11.2. The Bertz CT molecular complexity index is 2400. The van der Waals surface area contributed by atoms with Crippen molar-refractivity contribution in [2.45, 2.75) is 13.0 Å². The number of nitrogens with zero attached hydrogens (tertiary/aromatic N) is 4. The predicted molar refractivity (Wildman–Crippen MR) is 177 cm³/mol. The van der Waals surface area contributed by atoms with E-state index >= 15 is 0 Å². The minimum atomic E-state index is -0.458. The van der Waals surface area contributed by atoms with Crippen LogP contribution in [0, 0.1) is 29.6 Å². The van der Waals surface area contributed by atoms with Gasteiger partial charge in [-0.05, 0) is 71.3 Å². The van der Waals surface area contributed by atoms with Crippen LogP contribution in [0.1, 0.15) is 39.4 Å². The van der Waals surface area contributed by atoms with Crippen molar-refractivity contribution in [3.8, 4) is 17.8 Å². The van der Waals surface area contributed by atoms with Gasteiger partial charge in [0, 0.05) is 27.6 Å². The molecule has 0 spiro atoms. The van der Waals surface area contributed by atoms with E-state index < -0.39 is 6.04 Å². The number of anilines is 1. The molecule has 6 aromatic carbocycles. The topological polar surface area (TPSA) is 76.9 Å². The molecule has 8 rings (SSSR count). The van der Waals surface area contributed by atoms with Gasteiger partial charge >= 0.3 is 0 Å². The van der Waals surface area contributed by atoms with Crippen molar-refractivity contribution >= 4 is 44.1 Å². The summed E-state index contributed by atoms with van der Waals surface area (Å²) < 4.78 is 2.21. The number of hydrogen-bond acceptors (Lipinski definition) is 4. The van der Waals surface area contributed by atoms with Gasteiger partial charge in [0.15, 0.2) is 0 Å². The summed E-state index contributed by atoms with van der Waals surface area (Å²) in [5, 5.41) is 28.8. The van der Waals surface area contributed by atoms with Gasteiger partial charge in [-0.15, -0.1) is 0 Å². The third kappa shape index (κ3) is 3.88. The van der Waals surface area contributed by atoms with E-state index in [1.165, 1.54) is 5.39 Å². The third-order valence-corrected chi connectivity index (χ3v) is 8.64. The van der Waals surface area contributed by atoms with Crippen molar-refractivity contribution in [2.24, 2.45) is 4.99 Å². The van der Waals surface area contributed by atoms with Crippen molar-refractivity contribution in [2.75, 3.05) is 5.32 Å². The number of benzene rings is 6. The monoisotopic (exact) mass is 563 g/mol. The second kappa shape index (κ2) is 9.98. The first-order valence-electron chi connectivity index (χ1n) is 14.5.